The highest BCUT2D eigenvalue weighted by molar-refractivity contribution is 7.89. The summed E-state index contributed by atoms with van der Waals surface area (Å²) < 4.78 is 22.9. The summed E-state index contributed by atoms with van der Waals surface area (Å²) in [4.78, 5) is 13.6. The number of carbonyl (C=O) groups is 1. The fourth-order valence-corrected chi connectivity index (χ4v) is 3.21. The lowest BCUT2D eigenvalue weighted by Gasteiger charge is -2.25. The van der Waals surface area contributed by atoms with Gasteiger partial charge in [-0.25, -0.2) is 13.6 Å². The van der Waals surface area contributed by atoms with Crippen LogP contribution in [0.5, 0.6) is 0 Å². The average Bonchev–Trinajstić information content (AvgIpc) is 2.27. The third-order valence-electron chi connectivity index (χ3n) is 2.78. The summed E-state index contributed by atoms with van der Waals surface area (Å²) in [6, 6.07) is 2.29. The maximum absolute atomic E-state index is 12.4. The molecule has 5 nitrogen and oxygen atoms in total. The van der Waals surface area contributed by atoms with Crippen molar-refractivity contribution in [3.8, 4) is 0 Å². The molecule has 0 fully saturated rings. The number of primary sulfonamides is 1. The van der Waals surface area contributed by atoms with E-state index in [2.05, 4.69) is 0 Å². The minimum atomic E-state index is -4.02. The Labute approximate surface area is 128 Å². The van der Waals surface area contributed by atoms with Gasteiger partial charge in [0.1, 0.15) is 4.90 Å². The van der Waals surface area contributed by atoms with Crippen LogP contribution in [0.15, 0.2) is 17.0 Å². The molecule has 2 N–H and O–H groups in total. The molecule has 0 aliphatic rings. The quantitative estimate of drug-likeness (QED) is 0.915. The minimum absolute atomic E-state index is 0.0443. The number of hydrogen-bond donors (Lipinski definition) is 1. The predicted molar refractivity (Wildman–Crippen MR) is 79.7 cm³/mol. The van der Waals surface area contributed by atoms with Gasteiger partial charge in [-0.05, 0) is 32.9 Å². The zero-order chi connectivity index (χ0) is 15.7. The predicted octanol–water partition coefficient (Wildman–Crippen LogP) is 2.51. The molecule has 1 rings (SSSR count). The van der Waals surface area contributed by atoms with E-state index in [1.807, 2.05) is 20.8 Å². The van der Waals surface area contributed by atoms with Crippen molar-refractivity contribution in [2.75, 3.05) is 6.54 Å². The Morgan fingerprint density at radius 2 is 1.85 bits per heavy atom. The maximum atomic E-state index is 12.4. The van der Waals surface area contributed by atoms with Gasteiger partial charge in [0.25, 0.3) is 5.91 Å². The van der Waals surface area contributed by atoms with Crippen LogP contribution in [0.4, 0.5) is 0 Å². The first-order valence-electron chi connectivity index (χ1n) is 5.92. The first-order chi connectivity index (χ1) is 9.09. The van der Waals surface area contributed by atoms with Crippen molar-refractivity contribution in [2.24, 2.45) is 5.14 Å². The first kappa shape index (κ1) is 17.2. The molecule has 1 amide bonds. The first-order valence-corrected chi connectivity index (χ1v) is 8.22. The van der Waals surface area contributed by atoms with Gasteiger partial charge in [0.05, 0.1) is 15.6 Å². The Morgan fingerprint density at radius 1 is 1.30 bits per heavy atom. The molecule has 0 radical (unpaired) electrons. The smallest absolute Gasteiger partial charge is 0.255 e. The van der Waals surface area contributed by atoms with E-state index in [9.17, 15) is 13.2 Å². The monoisotopic (exact) mass is 338 g/mol. The van der Waals surface area contributed by atoms with Crippen molar-refractivity contribution < 1.29 is 13.2 Å². The zero-order valence-electron chi connectivity index (χ0n) is 11.4. The fourth-order valence-electron chi connectivity index (χ4n) is 1.81. The molecule has 0 bridgehead atoms. The van der Waals surface area contributed by atoms with E-state index in [4.69, 9.17) is 28.3 Å². The third-order valence-corrected chi connectivity index (χ3v) is 4.47. The number of nitrogens with two attached hydrogens (primary N) is 1. The van der Waals surface area contributed by atoms with E-state index in [0.29, 0.717) is 6.54 Å². The molecular formula is C12H16Cl2N2O3S. The van der Waals surface area contributed by atoms with Gasteiger partial charge in [-0.1, -0.05) is 23.2 Å². The van der Waals surface area contributed by atoms with E-state index in [0.717, 1.165) is 6.07 Å². The van der Waals surface area contributed by atoms with Gasteiger partial charge < -0.3 is 4.90 Å². The number of amides is 1. The van der Waals surface area contributed by atoms with Crippen LogP contribution in [0.2, 0.25) is 10.0 Å². The number of rotatable bonds is 4. The molecule has 0 saturated heterocycles. The summed E-state index contributed by atoms with van der Waals surface area (Å²) in [6.07, 6.45) is 0. The molecule has 0 aliphatic carbocycles. The normalized spacial score (nSPS) is 11.8. The van der Waals surface area contributed by atoms with Gasteiger partial charge in [0.2, 0.25) is 10.0 Å². The summed E-state index contributed by atoms with van der Waals surface area (Å²) in [5.74, 6) is -0.367. The van der Waals surface area contributed by atoms with Crippen molar-refractivity contribution in [1.29, 1.82) is 0 Å². The van der Waals surface area contributed by atoms with Crippen molar-refractivity contribution in [1.82, 2.24) is 4.90 Å². The second-order valence-corrected chi connectivity index (χ2v) is 6.84. The molecule has 0 atom stereocenters. The second-order valence-electron chi connectivity index (χ2n) is 4.49. The molecule has 1 aromatic rings. The summed E-state index contributed by atoms with van der Waals surface area (Å²) >= 11 is 11.8. The van der Waals surface area contributed by atoms with E-state index < -0.39 is 10.0 Å². The largest absolute Gasteiger partial charge is 0.336 e. The number of sulfonamides is 1. The standard InChI is InChI=1S/C12H16Cl2N2O3S/c1-4-16(7(2)3)12(17)8-5-11(20(15,18)19)10(14)6-9(8)13/h5-7H,4H2,1-3H3,(H2,15,18,19). The number of nitrogens with zero attached hydrogens (tertiary/aromatic N) is 1. The number of hydrogen-bond acceptors (Lipinski definition) is 3. The number of halogens is 2. The molecule has 0 unspecified atom stereocenters. The van der Waals surface area contributed by atoms with Gasteiger partial charge in [-0.2, -0.15) is 0 Å². The topological polar surface area (TPSA) is 80.5 Å². The fraction of sp³-hybridized carbons (Fsp3) is 0.417. The second kappa shape index (κ2) is 6.30. The van der Waals surface area contributed by atoms with Gasteiger partial charge >= 0.3 is 0 Å². The van der Waals surface area contributed by atoms with Gasteiger partial charge in [-0.3, -0.25) is 4.79 Å². The Morgan fingerprint density at radius 3 is 2.25 bits per heavy atom. The van der Waals surface area contributed by atoms with Gasteiger partial charge in [0, 0.05) is 12.6 Å². The Hall–Kier alpha value is -0.820. The Bertz CT molecular complexity index is 630. The highest BCUT2D eigenvalue weighted by Crippen LogP contribution is 2.29. The van der Waals surface area contributed by atoms with Crippen molar-refractivity contribution >= 4 is 39.1 Å². The van der Waals surface area contributed by atoms with E-state index in [1.165, 1.54) is 6.07 Å². The summed E-state index contributed by atoms with van der Waals surface area (Å²) in [5.41, 5.74) is 0.0654. The molecule has 112 valence electrons. The third kappa shape index (κ3) is 3.63. The summed E-state index contributed by atoms with van der Waals surface area (Å²) in [5, 5.41) is 5.04. The van der Waals surface area contributed by atoms with E-state index >= 15 is 0 Å². The number of benzene rings is 1. The van der Waals surface area contributed by atoms with Crippen LogP contribution in [0.3, 0.4) is 0 Å². The molecule has 0 heterocycles. The van der Waals surface area contributed by atoms with E-state index in [1.54, 1.807) is 4.90 Å². The molecular weight excluding hydrogens is 323 g/mol. The van der Waals surface area contributed by atoms with Crippen LogP contribution in [0.25, 0.3) is 0 Å². The van der Waals surface area contributed by atoms with Crippen molar-refractivity contribution in [3.05, 3.63) is 27.7 Å². The highest BCUT2D eigenvalue weighted by Gasteiger charge is 2.23. The zero-order valence-corrected chi connectivity index (χ0v) is 13.7. The Balaban J connectivity index is 3.43. The van der Waals surface area contributed by atoms with Crippen LogP contribution in [-0.4, -0.2) is 31.8 Å². The maximum Gasteiger partial charge on any atom is 0.255 e. The molecule has 0 aromatic heterocycles. The van der Waals surface area contributed by atoms with Crippen LogP contribution in [-0.2, 0) is 10.0 Å². The lowest BCUT2D eigenvalue weighted by atomic mass is 10.1. The van der Waals surface area contributed by atoms with Crippen molar-refractivity contribution in [2.45, 2.75) is 31.7 Å². The van der Waals surface area contributed by atoms with Crippen LogP contribution >= 0.6 is 23.2 Å². The van der Waals surface area contributed by atoms with Gasteiger partial charge in [0.15, 0.2) is 0 Å². The molecule has 0 spiro atoms. The molecule has 8 heteroatoms. The Kier molecular flexibility index (Phi) is 5.43. The highest BCUT2D eigenvalue weighted by atomic mass is 35.5. The molecule has 20 heavy (non-hydrogen) atoms. The molecule has 1 aromatic carbocycles. The average molecular weight is 339 g/mol. The summed E-state index contributed by atoms with van der Waals surface area (Å²) in [6.45, 7) is 6.00. The van der Waals surface area contributed by atoms with Gasteiger partial charge in [-0.15, -0.1) is 0 Å². The minimum Gasteiger partial charge on any atom is -0.336 e. The van der Waals surface area contributed by atoms with Crippen LogP contribution < -0.4 is 5.14 Å². The lowest BCUT2D eigenvalue weighted by Crippen LogP contribution is -2.37. The lowest BCUT2D eigenvalue weighted by molar-refractivity contribution is 0.0717. The SMILES string of the molecule is CCN(C(=O)c1cc(S(N)(=O)=O)c(Cl)cc1Cl)C(C)C. The van der Waals surface area contributed by atoms with E-state index in [-0.39, 0.29) is 32.5 Å². The molecule has 0 saturated carbocycles. The summed E-state index contributed by atoms with van der Waals surface area (Å²) in [7, 11) is -4.02. The van der Waals surface area contributed by atoms with Crippen LogP contribution in [0, 0.1) is 0 Å². The van der Waals surface area contributed by atoms with Crippen molar-refractivity contribution in [3.63, 3.8) is 0 Å². The van der Waals surface area contributed by atoms with Crippen LogP contribution in [0.1, 0.15) is 31.1 Å². The number of carbonyl (C=O) groups excluding carboxylic acids is 1. The molecule has 0 aliphatic heterocycles.